The van der Waals surface area contributed by atoms with Crippen molar-refractivity contribution in [3.8, 4) is 0 Å². The van der Waals surface area contributed by atoms with E-state index in [1.165, 1.54) is 0 Å². The fraction of sp³-hybridized carbons (Fsp3) is 0. The van der Waals surface area contributed by atoms with Crippen molar-refractivity contribution in [2.45, 2.75) is 0 Å². The minimum Gasteiger partial charge on any atom is -2.00 e. The zero-order valence-electron chi connectivity index (χ0n) is 4.20. The quantitative estimate of drug-likeness (QED) is 0.253. The Kier molecular flexibility index (Phi) is 1670. The molecule has 0 aliphatic heterocycles. The van der Waals surface area contributed by atoms with Crippen molar-refractivity contribution in [2.24, 2.45) is 0 Å². The van der Waals surface area contributed by atoms with Gasteiger partial charge in [0.2, 0.25) is 0 Å². The van der Waals surface area contributed by atoms with Crippen LogP contribution in [0.4, 0.5) is 0 Å². The topological polar surface area (TPSA) is 142 Å². The van der Waals surface area contributed by atoms with E-state index in [2.05, 4.69) is 0 Å². The molecule has 0 atom stereocenters. The summed E-state index contributed by atoms with van der Waals surface area (Å²) in [7, 11) is 0. The second kappa shape index (κ2) is 107. The maximum Gasteiger partial charge on any atom is 3.00 e. The SMILES string of the molecule is [In+3].[In+3].[O-2].[O-2].[O-2].[O-2].[O-2].[Pb+2].[Pb+2]. The third kappa shape index (κ3) is 87.5. The van der Waals surface area contributed by atoms with Crippen LogP contribution >= 0.6 is 0 Å². The summed E-state index contributed by atoms with van der Waals surface area (Å²) >= 11 is 0. The molecule has 0 heterocycles. The molecule has 0 spiro atoms. The summed E-state index contributed by atoms with van der Waals surface area (Å²) in [5.74, 6) is 0. The van der Waals surface area contributed by atoms with Crippen LogP contribution in [0, 0.1) is 0 Å². The molecular weight excluding hydrogens is 724 g/mol. The molecule has 0 fully saturated rings. The summed E-state index contributed by atoms with van der Waals surface area (Å²) in [6.45, 7) is 0. The van der Waals surface area contributed by atoms with E-state index in [1.54, 1.807) is 0 Å². The molecule has 0 unspecified atom stereocenters. The van der Waals surface area contributed by atoms with Crippen LogP contribution in [-0.4, -0.2) is 106 Å². The van der Waals surface area contributed by atoms with E-state index in [-0.39, 0.29) is 134 Å². The van der Waals surface area contributed by atoms with E-state index in [0.29, 0.717) is 0 Å². The molecule has 0 saturated carbocycles. The van der Waals surface area contributed by atoms with Gasteiger partial charge >= 0.3 is 106 Å². The van der Waals surface area contributed by atoms with Gasteiger partial charge in [0.05, 0.1) is 0 Å². The number of rotatable bonds is 0. The second-order valence-corrected chi connectivity index (χ2v) is 0. The summed E-state index contributed by atoms with van der Waals surface area (Å²) in [6.07, 6.45) is 0. The zero-order valence-corrected chi connectivity index (χ0v) is 18.6. The Bertz CT molecular complexity index is 12.9. The minimum absolute atomic E-state index is 0. The van der Waals surface area contributed by atoms with E-state index in [9.17, 15) is 0 Å². The normalized spacial score (nSPS) is 0. The van der Waals surface area contributed by atoms with Gasteiger partial charge in [-0.3, -0.25) is 0 Å². The molecule has 0 aliphatic carbocycles. The van der Waals surface area contributed by atoms with Gasteiger partial charge < -0.3 is 27.4 Å². The summed E-state index contributed by atoms with van der Waals surface area (Å²) in [5.41, 5.74) is 0. The van der Waals surface area contributed by atoms with Crippen LogP contribution < -0.4 is 0 Å². The largest absolute Gasteiger partial charge is 3.00 e. The maximum absolute atomic E-state index is 0. The Morgan fingerprint density at radius 2 is 0.333 bits per heavy atom. The first-order chi connectivity index (χ1) is 0. The van der Waals surface area contributed by atoms with Crippen molar-refractivity contribution >= 4 is 106 Å². The third-order valence-corrected chi connectivity index (χ3v) is 0. The summed E-state index contributed by atoms with van der Waals surface area (Å²) in [6, 6.07) is 0. The molecule has 9 heavy (non-hydrogen) atoms. The van der Waals surface area contributed by atoms with Crippen molar-refractivity contribution in [1.82, 2.24) is 0 Å². The van der Waals surface area contributed by atoms with Gasteiger partial charge in [0.15, 0.2) is 0 Å². The Balaban J connectivity index is 0. The Morgan fingerprint density at radius 3 is 0.333 bits per heavy atom. The van der Waals surface area contributed by atoms with Crippen molar-refractivity contribution in [2.75, 3.05) is 0 Å². The monoisotopic (exact) mass is 726 g/mol. The molecule has 0 amide bonds. The predicted octanol–water partition coefficient (Wildman–Crippen LogP) is -2.12. The Hall–Kier alpha value is 3.38. The second-order valence-electron chi connectivity index (χ2n) is 0. The van der Waals surface area contributed by atoms with Crippen molar-refractivity contribution in [3.63, 3.8) is 0 Å². The van der Waals surface area contributed by atoms with E-state index in [1.807, 2.05) is 0 Å². The van der Waals surface area contributed by atoms with Gasteiger partial charge in [0.1, 0.15) is 0 Å². The van der Waals surface area contributed by atoms with Crippen LogP contribution in [0.15, 0.2) is 0 Å². The number of hydrogen-bond donors (Lipinski definition) is 0. The molecule has 0 rings (SSSR count). The average molecular weight is 724 g/mol. The van der Waals surface area contributed by atoms with E-state index in [0.717, 1.165) is 0 Å². The van der Waals surface area contributed by atoms with Crippen molar-refractivity contribution < 1.29 is 27.4 Å². The van der Waals surface area contributed by atoms with Gasteiger partial charge in [-0.15, -0.1) is 0 Å². The first-order valence-corrected chi connectivity index (χ1v) is 0. The maximum atomic E-state index is 0. The standard InChI is InChI=1S/2In.5O.2Pb/q2*+3;5*-2;2*+2. The predicted molar refractivity (Wildman–Crippen MR) is 26.4 cm³/mol. The molecule has 0 bridgehead atoms. The van der Waals surface area contributed by atoms with Crippen LogP contribution in [0.25, 0.3) is 0 Å². The summed E-state index contributed by atoms with van der Waals surface area (Å²) in [4.78, 5) is 0. The van der Waals surface area contributed by atoms with Crippen LogP contribution in [-0.2, 0) is 27.4 Å². The zero-order chi connectivity index (χ0) is 0. The smallest absolute Gasteiger partial charge is 2.00 e. The van der Waals surface area contributed by atoms with Gasteiger partial charge in [-0.05, 0) is 0 Å². The van der Waals surface area contributed by atoms with Crippen LogP contribution in [0.1, 0.15) is 0 Å². The van der Waals surface area contributed by atoms with Crippen LogP contribution in [0.5, 0.6) is 0 Å². The van der Waals surface area contributed by atoms with Gasteiger partial charge in [-0.1, -0.05) is 0 Å². The van der Waals surface area contributed by atoms with Gasteiger partial charge in [-0.25, -0.2) is 0 Å². The first-order valence-electron chi connectivity index (χ1n) is 0. The van der Waals surface area contributed by atoms with E-state index < -0.39 is 0 Å². The first kappa shape index (κ1) is 140. The molecule has 4 radical (unpaired) electrons. The average Bonchev–Trinajstić information content (AvgIpc) is 0. The van der Waals surface area contributed by atoms with Gasteiger partial charge in [0.25, 0.3) is 0 Å². The Morgan fingerprint density at radius 1 is 0.333 bits per heavy atom. The molecule has 5 nitrogen and oxygen atoms in total. The molecule has 0 aromatic heterocycles. The van der Waals surface area contributed by atoms with Crippen LogP contribution in [0.3, 0.4) is 0 Å². The third-order valence-electron chi connectivity index (χ3n) is 0. The molecule has 0 aliphatic rings. The van der Waals surface area contributed by atoms with E-state index >= 15 is 0 Å². The summed E-state index contributed by atoms with van der Waals surface area (Å²) < 4.78 is 0. The fourth-order valence-electron chi connectivity index (χ4n) is 0. The molecule has 0 saturated heterocycles. The Labute approximate surface area is 131 Å². The molecule has 0 N–H and O–H groups in total. The molecule has 0 aromatic rings. The van der Waals surface area contributed by atoms with Crippen LogP contribution in [0.2, 0.25) is 0 Å². The number of hydrogen-bond acceptors (Lipinski definition) is 0. The van der Waals surface area contributed by atoms with Gasteiger partial charge in [-0.2, -0.15) is 0 Å². The van der Waals surface area contributed by atoms with E-state index in [4.69, 9.17) is 0 Å². The fourth-order valence-corrected chi connectivity index (χ4v) is 0. The summed E-state index contributed by atoms with van der Waals surface area (Å²) in [5, 5.41) is 0. The minimum atomic E-state index is 0. The van der Waals surface area contributed by atoms with Gasteiger partial charge in [0, 0.05) is 0 Å². The van der Waals surface area contributed by atoms with Crippen molar-refractivity contribution in [1.29, 1.82) is 0 Å². The molecule has 44 valence electrons. The molecule has 0 aromatic carbocycles. The molecular formula is In2O5Pb2. The molecule has 9 heteroatoms. The van der Waals surface area contributed by atoms with Crippen molar-refractivity contribution in [3.05, 3.63) is 0 Å².